The van der Waals surface area contributed by atoms with Gasteiger partial charge in [-0.05, 0) is 6.92 Å². The van der Waals surface area contributed by atoms with E-state index in [1.165, 1.54) is 6.92 Å². The molecule has 2 nitrogen and oxygen atoms in total. The Morgan fingerprint density at radius 1 is 2.20 bits per heavy atom. The Labute approximate surface area is 33.9 Å². The van der Waals surface area contributed by atoms with Gasteiger partial charge in [-0.1, -0.05) is 0 Å². The van der Waals surface area contributed by atoms with Gasteiger partial charge in [0.25, 0.3) is 0 Å². The molecule has 0 aliphatic carbocycles. The molecule has 0 unspecified atom stereocenters. The molecular formula is C3H8O2. The van der Waals surface area contributed by atoms with Crippen molar-refractivity contribution in [2.75, 3.05) is 6.56 Å². The SMILES string of the molecule is [2H]C([2H])(O)[C@H](C)O. The summed E-state index contributed by atoms with van der Waals surface area (Å²) < 4.78 is 12.7. The lowest BCUT2D eigenvalue weighted by Crippen LogP contribution is -2.03. The van der Waals surface area contributed by atoms with E-state index in [2.05, 4.69) is 0 Å². The second kappa shape index (κ2) is 2.18. The van der Waals surface area contributed by atoms with Gasteiger partial charge >= 0.3 is 0 Å². The smallest absolute Gasteiger partial charge is 0.0742 e. The maximum atomic E-state index is 8.26. The van der Waals surface area contributed by atoms with Crippen molar-refractivity contribution < 1.29 is 13.0 Å². The van der Waals surface area contributed by atoms with E-state index >= 15 is 0 Å². The molecule has 0 amide bonds. The topological polar surface area (TPSA) is 40.5 Å². The van der Waals surface area contributed by atoms with Crippen molar-refractivity contribution in [2.24, 2.45) is 0 Å². The van der Waals surface area contributed by atoms with Gasteiger partial charge in [-0.25, -0.2) is 0 Å². The summed E-state index contributed by atoms with van der Waals surface area (Å²) in [6.07, 6.45) is -1.31. The van der Waals surface area contributed by atoms with Gasteiger partial charge in [-0.2, -0.15) is 0 Å². The fourth-order valence-corrected chi connectivity index (χ4v) is 0. The van der Waals surface area contributed by atoms with Gasteiger partial charge in [0.05, 0.1) is 15.4 Å². The fourth-order valence-electron chi connectivity index (χ4n) is 0. The van der Waals surface area contributed by atoms with Crippen LogP contribution in [0.4, 0.5) is 0 Å². The summed E-state index contributed by atoms with van der Waals surface area (Å²) in [5.41, 5.74) is 0. The first-order valence-corrected chi connectivity index (χ1v) is 1.35. The van der Waals surface area contributed by atoms with E-state index in [-0.39, 0.29) is 0 Å². The number of hydrogen-bond donors (Lipinski definition) is 2. The minimum Gasteiger partial charge on any atom is -0.394 e. The standard InChI is InChI=1S/C3H8O2/c1-3(5)2-4/h3-5H,2H2,1H3/t3-/m0/s1/i2D2. The number of aliphatic hydroxyl groups excluding tert-OH is 1. The molecule has 0 bridgehead atoms. The van der Waals surface area contributed by atoms with Crippen molar-refractivity contribution in [1.82, 2.24) is 0 Å². The minimum absolute atomic E-state index is 1.18. The van der Waals surface area contributed by atoms with Crippen LogP contribution in [0.25, 0.3) is 0 Å². The van der Waals surface area contributed by atoms with E-state index in [4.69, 9.17) is 13.0 Å². The van der Waals surface area contributed by atoms with E-state index in [1.807, 2.05) is 0 Å². The second-order valence-electron chi connectivity index (χ2n) is 0.805. The zero-order chi connectivity index (χ0) is 6.08. The zero-order valence-electron chi connectivity index (χ0n) is 4.97. The molecular weight excluding hydrogens is 68.0 g/mol. The van der Waals surface area contributed by atoms with E-state index in [0.717, 1.165) is 0 Å². The summed E-state index contributed by atoms with van der Waals surface area (Å²) >= 11 is 0. The summed E-state index contributed by atoms with van der Waals surface area (Å²) in [5.74, 6) is 0. The molecule has 0 aliphatic heterocycles. The van der Waals surface area contributed by atoms with Crippen molar-refractivity contribution in [3.8, 4) is 0 Å². The highest BCUT2D eigenvalue weighted by molar-refractivity contribution is 4.33. The molecule has 5 heavy (non-hydrogen) atoms. The third kappa shape index (κ3) is 3.92. The van der Waals surface area contributed by atoms with E-state index in [1.54, 1.807) is 0 Å². The van der Waals surface area contributed by atoms with Crippen molar-refractivity contribution in [2.45, 2.75) is 13.0 Å². The molecule has 0 saturated carbocycles. The molecule has 0 aromatic carbocycles. The van der Waals surface area contributed by atoms with Crippen LogP contribution in [-0.4, -0.2) is 22.9 Å². The van der Waals surface area contributed by atoms with Gasteiger partial charge in [-0.15, -0.1) is 0 Å². The number of aliphatic hydroxyl groups is 2. The minimum atomic E-state index is -2.44. The van der Waals surface area contributed by atoms with Crippen LogP contribution in [0, 0.1) is 0 Å². The molecule has 0 rings (SSSR count). The highest BCUT2D eigenvalue weighted by atomic mass is 16.3. The predicted molar refractivity (Wildman–Crippen MR) is 18.8 cm³/mol. The molecule has 0 spiro atoms. The first-order chi connectivity index (χ1) is 2.94. The van der Waals surface area contributed by atoms with E-state index in [9.17, 15) is 0 Å². The van der Waals surface area contributed by atoms with Crippen LogP contribution in [0.1, 0.15) is 9.67 Å². The third-order valence-electron chi connectivity index (χ3n) is 0.187. The number of rotatable bonds is 1. The van der Waals surface area contributed by atoms with Gasteiger partial charge in [0.2, 0.25) is 0 Å². The molecule has 2 N–H and O–H groups in total. The van der Waals surface area contributed by atoms with Gasteiger partial charge in [0.1, 0.15) is 0 Å². The molecule has 0 heterocycles. The van der Waals surface area contributed by atoms with Gasteiger partial charge in [0.15, 0.2) is 0 Å². The lowest BCUT2D eigenvalue weighted by molar-refractivity contribution is 0.110. The molecule has 0 aliphatic rings. The van der Waals surface area contributed by atoms with Crippen molar-refractivity contribution in [3.63, 3.8) is 0 Å². The van der Waals surface area contributed by atoms with Gasteiger partial charge < -0.3 is 10.2 Å². The largest absolute Gasteiger partial charge is 0.394 e. The molecule has 32 valence electrons. The van der Waals surface area contributed by atoms with Crippen LogP contribution >= 0.6 is 0 Å². The maximum Gasteiger partial charge on any atom is 0.0742 e. The van der Waals surface area contributed by atoms with Gasteiger partial charge in [-0.3, -0.25) is 0 Å². The predicted octanol–water partition coefficient (Wildman–Crippen LogP) is -0.641. The summed E-state index contributed by atoms with van der Waals surface area (Å²) in [6.45, 7) is -1.26. The lowest BCUT2D eigenvalue weighted by Gasteiger charge is -1.90. The molecule has 0 saturated heterocycles. The van der Waals surface area contributed by atoms with E-state index < -0.39 is 12.7 Å². The summed E-state index contributed by atoms with van der Waals surface area (Å²) in [4.78, 5) is 0. The Hall–Kier alpha value is -0.0800. The highest BCUT2D eigenvalue weighted by Gasteiger charge is 1.83. The molecule has 0 aromatic heterocycles. The second-order valence-corrected chi connectivity index (χ2v) is 0.805. The summed E-state index contributed by atoms with van der Waals surface area (Å²) in [7, 11) is 0. The quantitative estimate of drug-likeness (QED) is 0.438. The normalized spacial score (nSPS) is 23.8. The summed E-state index contributed by atoms with van der Waals surface area (Å²) in [5, 5.41) is 16.4. The first-order valence-electron chi connectivity index (χ1n) is 2.35. The third-order valence-corrected chi connectivity index (χ3v) is 0.187. The number of hydrogen-bond acceptors (Lipinski definition) is 2. The summed E-state index contributed by atoms with van der Waals surface area (Å²) in [6, 6.07) is 0. The fraction of sp³-hybridized carbons (Fsp3) is 1.00. The molecule has 0 fully saturated rings. The highest BCUT2D eigenvalue weighted by Crippen LogP contribution is 1.68. The Kier molecular flexibility index (Phi) is 0.938. The van der Waals surface area contributed by atoms with Crippen LogP contribution in [0.15, 0.2) is 0 Å². The van der Waals surface area contributed by atoms with Crippen molar-refractivity contribution in [3.05, 3.63) is 0 Å². The van der Waals surface area contributed by atoms with Crippen LogP contribution in [0.5, 0.6) is 0 Å². The van der Waals surface area contributed by atoms with E-state index in [0.29, 0.717) is 0 Å². The molecule has 0 aromatic rings. The Morgan fingerprint density at radius 2 is 2.40 bits per heavy atom. The van der Waals surface area contributed by atoms with Crippen LogP contribution in [-0.2, 0) is 0 Å². The van der Waals surface area contributed by atoms with Crippen molar-refractivity contribution >= 4 is 0 Å². The molecule has 2 heteroatoms. The lowest BCUT2D eigenvalue weighted by atomic mass is 10.5. The Balaban J connectivity index is 3.54. The van der Waals surface area contributed by atoms with Crippen LogP contribution in [0.3, 0.4) is 0 Å². The van der Waals surface area contributed by atoms with Crippen molar-refractivity contribution in [1.29, 1.82) is 0 Å². The average molecular weight is 78.1 g/mol. The maximum absolute atomic E-state index is 8.26. The van der Waals surface area contributed by atoms with Crippen LogP contribution < -0.4 is 0 Å². The Morgan fingerprint density at radius 3 is 2.40 bits per heavy atom. The molecule has 0 radical (unpaired) electrons. The average Bonchev–Trinajstić information content (AvgIpc) is 1.31. The Bertz CT molecular complexity index is 56.4. The molecule has 1 atom stereocenters. The zero-order valence-corrected chi connectivity index (χ0v) is 2.97. The monoisotopic (exact) mass is 78.1 g/mol. The van der Waals surface area contributed by atoms with Crippen LogP contribution in [0.2, 0.25) is 0 Å². The van der Waals surface area contributed by atoms with Gasteiger partial charge in [0, 0.05) is 0 Å². The first kappa shape index (κ1) is 2.16.